The van der Waals surface area contributed by atoms with Crippen molar-refractivity contribution < 1.29 is 23.5 Å². The van der Waals surface area contributed by atoms with E-state index in [4.69, 9.17) is 0 Å². The largest absolute Gasteiger partial charge is 0.466 e. The molecule has 116 valence electrons. The summed E-state index contributed by atoms with van der Waals surface area (Å²) in [6, 6.07) is 5.19. The third-order valence-corrected chi connectivity index (χ3v) is 3.30. The van der Waals surface area contributed by atoms with Crippen molar-refractivity contribution in [3.8, 4) is 0 Å². The Morgan fingerprint density at radius 3 is 2.55 bits per heavy atom. The lowest BCUT2D eigenvalue weighted by molar-refractivity contribution is -0.139. The highest BCUT2D eigenvalue weighted by Gasteiger charge is 2.36. The van der Waals surface area contributed by atoms with Crippen LogP contribution in [0.25, 0.3) is 0 Å². The van der Waals surface area contributed by atoms with Gasteiger partial charge in [0.2, 0.25) is 11.8 Å². The Balaban J connectivity index is 2.25. The summed E-state index contributed by atoms with van der Waals surface area (Å²) >= 11 is 0. The molecular weight excluding hydrogens is 291 g/mol. The van der Waals surface area contributed by atoms with Crippen molar-refractivity contribution in [2.45, 2.75) is 13.3 Å². The average Bonchev–Trinajstić information content (AvgIpc) is 2.48. The molecule has 0 radical (unpaired) electrons. The molecule has 0 bridgehead atoms. The zero-order valence-corrected chi connectivity index (χ0v) is 12.1. The number of methoxy groups -OCH3 is 1. The number of esters is 1. The van der Waals surface area contributed by atoms with Crippen LogP contribution in [0.1, 0.15) is 13.3 Å². The standard InChI is InChI=1S/C15H15FN2O4/c1-8-13(15(21)22-2)11(7-12(19)17-8)14(20)18-10-5-3-9(16)4-6-10/h3-6,11H,7H2,1-2H3,(H,17,19)(H,18,20)/t11-/m1/s1. The van der Waals surface area contributed by atoms with Crippen LogP contribution >= 0.6 is 0 Å². The van der Waals surface area contributed by atoms with E-state index in [0.717, 1.165) is 0 Å². The van der Waals surface area contributed by atoms with Gasteiger partial charge in [-0.1, -0.05) is 0 Å². The molecule has 1 aliphatic heterocycles. The van der Waals surface area contributed by atoms with Gasteiger partial charge in [-0.25, -0.2) is 9.18 Å². The number of allylic oxidation sites excluding steroid dienone is 1. The van der Waals surface area contributed by atoms with E-state index in [-0.39, 0.29) is 17.9 Å². The van der Waals surface area contributed by atoms with Crippen molar-refractivity contribution in [2.75, 3.05) is 12.4 Å². The first kappa shape index (κ1) is 15.7. The second-order valence-corrected chi connectivity index (χ2v) is 4.83. The van der Waals surface area contributed by atoms with Crippen LogP contribution in [-0.2, 0) is 19.1 Å². The summed E-state index contributed by atoms with van der Waals surface area (Å²) in [6.45, 7) is 1.53. The summed E-state index contributed by atoms with van der Waals surface area (Å²) in [4.78, 5) is 35.8. The minimum Gasteiger partial charge on any atom is -0.466 e. The minimum absolute atomic E-state index is 0.113. The quantitative estimate of drug-likeness (QED) is 0.826. The molecule has 7 heteroatoms. The van der Waals surface area contributed by atoms with Crippen LogP contribution in [-0.4, -0.2) is 24.9 Å². The maximum atomic E-state index is 12.9. The Morgan fingerprint density at radius 2 is 1.95 bits per heavy atom. The van der Waals surface area contributed by atoms with Gasteiger partial charge in [0.25, 0.3) is 0 Å². The van der Waals surface area contributed by atoms with Gasteiger partial charge in [0, 0.05) is 17.8 Å². The van der Waals surface area contributed by atoms with E-state index in [1.807, 2.05) is 0 Å². The number of hydrogen-bond donors (Lipinski definition) is 2. The molecule has 1 heterocycles. The predicted molar refractivity (Wildman–Crippen MR) is 76.0 cm³/mol. The number of amides is 2. The number of halogens is 1. The minimum atomic E-state index is -0.953. The number of benzene rings is 1. The normalized spacial score (nSPS) is 17.8. The Morgan fingerprint density at radius 1 is 1.32 bits per heavy atom. The molecular formula is C15H15FN2O4. The fourth-order valence-corrected chi connectivity index (χ4v) is 2.27. The van der Waals surface area contributed by atoms with Crippen molar-refractivity contribution in [2.24, 2.45) is 5.92 Å². The van der Waals surface area contributed by atoms with Crippen molar-refractivity contribution in [1.29, 1.82) is 0 Å². The number of ether oxygens (including phenoxy) is 1. The number of rotatable bonds is 3. The Bertz CT molecular complexity index is 652. The van der Waals surface area contributed by atoms with E-state index in [0.29, 0.717) is 11.4 Å². The molecule has 0 fully saturated rings. The van der Waals surface area contributed by atoms with E-state index in [2.05, 4.69) is 15.4 Å². The molecule has 0 unspecified atom stereocenters. The smallest absolute Gasteiger partial charge is 0.336 e. The maximum absolute atomic E-state index is 12.9. The van der Waals surface area contributed by atoms with Crippen LogP contribution in [0.5, 0.6) is 0 Å². The van der Waals surface area contributed by atoms with Gasteiger partial charge in [-0.2, -0.15) is 0 Å². The molecule has 0 spiro atoms. The fourth-order valence-electron chi connectivity index (χ4n) is 2.27. The van der Waals surface area contributed by atoms with Gasteiger partial charge in [-0.05, 0) is 31.2 Å². The first-order valence-electron chi connectivity index (χ1n) is 6.57. The molecule has 0 aliphatic carbocycles. The molecule has 0 aromatic heterocycles. The zero-order valence-electron chi connectivity index (χ0n) is 12.1. The van der Waals surface area contributed by atoms with E-state index < -0.39 is 23.6 Å². The summed E-state index contributed by atoms with van der Waals surface area (Å²) in [6.07, 6.45) is -0.158. The summed E-state index contributed by atoms with van der Waals surface area (Å²) in [5.41, 5.74) is 0.781. The number of carbonyl (C=O) groups is 3. The van der Waals surface area contributed by atoms with Gasteiger partial charge < -0.3 is 15.4 Å². The number of nitrogens with one attached hydrogen (secondary N) is 2. The van der Waals surface area contributed by atoms with Gasteiger partial charge in [-0.15, -0.1) is 0 Å². The van der Waals surface area contributed by atoms with Gasteiger partial charge in [-0.3, -0.25) is 9.59 Å². The highest BCUT2D eigenvalue weighted by Crippen LogP contribution is 2.25. The number of anilines is 1. The van der Waals surface area contributed by atoms with Crippen LogP contribution < -0.4 is 10.6 Å². The van der Waals surface area contributed by atoms with Crippen LogP contribution in [0.4, 0.5) is 10.1 Å². The topological polar surface area (TPSA) is 84.5 Å². The molecule has 2 N–H and O–H groups in total. The van der Waals surface area contributed by atoms with Crippen LogP contribution in [0.15, 0.2) is 35.5 Å². The Hall–Kier alpha value is -2.70. The fraction of sp³-hybridized carbons (Fsp3) is 0.267. The number of carbonyl (C=O) groups excluding carboxylic acids is 3. The third-order valence-electron chi connectivity index (χ3n) is 3.30. The molecule has 1 aromatic rings. The summed E-state index contributed by atoms with van der Waals surface area (Å²) in [7, 11) is 1.20. The maximum Gasteiger partial charge on any atom is 0.336 e. The first-order chi connectivity index (χ1) is 10.4. The van der Waals surface area contributed by atoms with E-state index >= 15 is 0 Å². The molecule has 0 saturated carbocycles. The van der Waals surface area contributed by atoms with Crippen LogP contribution in [0, 0.1) is 11.7 Å². The molecule has 22 heavy (non-hydrogen) atoms. The Labute approximate surface area is 126 Å². The van der Waals surface area contributed by atoms with E-state index in [1.165, 1.54) is 38.3 Å². The van der Waals surface area contributed by atoms with Crippen molar-refractivity contribution in [3.63, 3.8) is 0 Å². The second kappa shape index (κ2) is 6.38. The highest BCUT2D eigenvalue weighted by molar-refractivity contribution is 6.06. The van der Waals surface area contributed by atoms with Gasteiger partial charge in [0.05, 0.1) is 18.6 Å². The van der Waals surface area contributed by atoms with Gasteiger partial charge >= 0.3 is 5.97 Å². The van der Waals surface area contributed by atoms with Gasteiger partial charge in [0.15, 0.2) is 0 Å². The molecule has 1 aromatic carbocycles. The third kappa shape index (κ3) is 3.30. The monoisotopic (exact) mass is 306 g/mol. The predicted octanol–water partition coefficient (Wildman–Crippen LogP) is 1.35. The SMILES string of the molecule is COC(=O)C1=C(C)NC(=O)C[C@H]1C(=O)Nc1ccc(F)cc1. The van der Waals surface area contributed by atoms with Crippen LogP contribution in [0.3, 0.4) is 0 Å². The van der Waals surface area contributed by atoms with Crippen molar-refractivity contribution in [1.82, 2.24) is 5.32 Å². The number of hydrogen-bond acceptors (Lipinski definition) is 4. The lowest BCUT2D eigenvalue weighted by Gasteiger charge is -2.25. The molecule has 2 rings (SSSR count). The van der Waals surface area contributed by atoms with Crippen molar-refractivity contribution >= 4 is 23.5 Å². The Kier molecular flexibility index (Phi) is 4.55. The molecule has 0 saturated heterocycles. The molecule has 2 amide bonds. The average molecular weight is 306 g/mol. The zero-order chi connectivity index (χ0) is 16.3. The summed E-state index contributed by atoms with van der Waals surface area (Å²) in [5, 5.41) is 5.07. The van der Waals surface area contributed by atoms with Crippen molar-refractivity contribution in [3.05, 3.63) is 41.4 Å². The lowest BCUT2D eigenvalue weighted by Crippen LogP contribution is -2.40. The summed E-state index contributed by atoms with van der Waals surface area (Å²) in [5.74, 6) is -2.94. The first-order valence-corrected chi connectivity index (χ1v) is 6.57. The summed E-state index contributed by atoms with van der Waals surface area (Å²) < 4.78 is 17.5. The lowest BCUT2D eigenvalue weighted by atomic mass is 9.89. The van der Waals surface area contributed by atoms with E-state index in [1.54, 1.807) is 0 Å². The molecule has 1 aliphatic rings. The van der Waals surface area contributed by atoms with Gasteiger partial charge in [0.1, 0.15) is 5.82 Å². The van der Waals surface area contributed by atoms with E-state index in [9.17, 15) is 18.8 Å². The molecule has 6 nitrogen and oxygen atoms in total. The molecule has 1 atom stereocenters. The second-order valence-electron chi connectivity index (χ2n) is 4.83. The van der Waals surface area contributed by atoms with Crippen LogP contribution in [0.2, 0.25) is 0 Å². The highest BCUT2D eigenvalue weighted by atomic mass is 19.1.